The Morgan fingerprint density at radius 1 is 1.13 bits per heavy atom. The average Bonchev–Trinajstić information content (AvgIpc) is 3.01. The third-order valence-corrected chi connectivity index (χ3v) is 5.17. The number of benzene rings is 2. The lowest BCUT2D eigenvalue weighted by atomic mass is 10.1. The van der Waals surface area contributed by atoms with Gasteiger partial charge in [-0.05, 0) is 69.5 Å². The standard InChI is InChI=1S/C24H28FN5O/c1-5-30-18(4)22(17(3)29-30)13-14-26-24(27-20-11-8-10-19(25)15-20)28-23(31)21-12-7-6-9-16(21)2/h6-12,15H,5,13-14H2,1-4H3,(H2,26,27,28,31). The number of hydrogen-bond donors (Lipinski definition) is 2. The van der Waals surface area contributed by atoms with Crippen LogP contribution in [0, 0.1) is 26.6 Å². The highest BCUT2D eigenvalue weighted by Gasteiger charge is 2.13. The molecule has 0 unspecified atom stereocenters. The molecule has 7 heteroatoms. The molecule has 2 aromatic carbocycles. The van der Waals surface area contributed by atoms with Gasteiger partial charge in [0.15, 0.2) is 0 Å². The number of nitrogens with one attached hydrogen (secondary N) is 2. The van der Waals surface area contributed by atoms with Gasteiger partial charge >= 0.3 is 0 Å². The van der Waals surface area contributed by atoms with E-state index in [1.807, 2.05) is 36.7 Å². The maximum atomic E-state index is 13.6. The normalized spacial score (nSPS) is 11.5. The second-order valence-corrected chi connectivity index (χ2v) is 7.35. The molecule has 0 bridgehead atoms. The van der Waals surface area contributed by atoms with Crippen LogP contribution in [0.5, 0.6) is 0 Å². The lowest BCUT2D eigenvalue weighted by molar-refractivity contribution is 0.0976. The Kier molecular flexibility index (Phi) is 7.18. The number of nitrogens with zero attached hydrogens (tertiary/aromatic N) is 3. The second-order valence-electron chi connectivity index (χ2n) is 7.35. The fourth-order valence-electron chi connectivity index (χ4n) is 3.50. The van der Waals surface area contributed by atoms with Crippen LogP contribution in [0.2, 0.25) is 0 Å². The fraction of sp³-hybridized carbons (Fsp3) is 0.292. The number of amides is 1. The maximum Gasteiger partial charge on any atom is 0.258 e. The van der Waals surface area contributed by atoms with Crippen LogP contribution >= 0.6 is 0 Å². The van der Waals surface area contributed by atoms with E-state index in [-0.39, 0.29) is 17.7 Å². The highest BCUT2D eigenvalue weighted by molar-refractivity contribution is 6.10. The molecular weight excluding hydrogens is 393 g/mol. The van der Waals surface area contributed by atoms with Crippen molar-refractivity contribution in [3.8, 4) is 0 Å². The molecule has 0 saturated heterocycles. The molecule has 1 amide bonds. The molecular formula is C24H28FN5O. The summed E-state index contributed by atoms with van der Waals surface area (Å²) in [6.45, 7) is 9.24. The molecule has 3 rings (SSSR count). The number of carbonyl (C=O) groups is 1. The Balaban J connectivity index is 1.80. The zero-order valence-electron chi connectivity index (χ0n) is 18.4. The van der Waals surface area contributed by atoms with E-state index < -0.39 is 0 Å². The SMILES string of the molecule is CCn1nc(C)c(CCN=C(NC(=O)c2ccccc2C)Nc2cccc(F)c2)c1C. The first-order chi connectivity index (χ1) is 14.9. The number of aryl methyl sites for hydroxylation is 3. The highest BCUT2D eigenvalue weighted by Crippen LogP contribution is 2.14. The first-order valence-corrected chi connectivity index (χ1v) is 10.4. The number of rotatable bonds is 6. The summed E-state index contributed by atoms with van der Waals surface area (Å²) in [7, 11) is 0. The molecule has 0 aliphatic rings. The summed E-state index contributed by atoms with van der Waals surface area (Å²) in [5, 5.41) is 10.4. The lowest BCUT2D eigenvalue weighted by Gasteiger charge is -2.13. The van der Waals surface area contributed by atoms with Gasteiger partial charge in [-0.1, -0.05) is 24.3 Å². The molecule has 3 aromatic rings. The smallest absolute Gasteiger partial charge is 0.258 e. The van der Waals surface area contributed by atoms with Crippen LogP contribution in [0.1, 0.15) is 39.8 Å². The number of anilines is 1. The molecule has 1 heterocycles. The van der Waals surface area contributed by atoms with Crippen molar-refractivity contribution in [1.82, 2.24) is 15.1 Å². The third-order valence-electron chi connectivity index (χ3n) is 5.17. The summed E-state index contributed by atoms with van der Waals surface area (Å²) in [5.41, 5.74) is 5.20. The number of carbonyl (C=O) groups excluding carboxylic acids is 1. The van der Waals surface area contributed by atoms with Crippen LogP contribution in [0.25, 0.3) is 0 Å². The zero-order valence-corrected chi connectivity index (χ0v) is 18.4. The van der Waals surface area contributed by atoms with Crippen molar-refractivity contribution < 1.29 is 9.18 Å². The van der Waals surface area contributed by atoms with E-state index in [4.69, 9.17) is 0 Å². The molecule has 162 valence electrons. The van der Waals surface area contributed by atoms with Crippen molar-refractivity contribution in [1.29, 1.82) is 0 Å². The van der Waals surface area contributed by atoms with Gasteiger partial charge in [0.1, 0.15) is 5.82 Å². The first-order valence-electron chi connectivity index (χ1n) is 10.4. The third kappa shape index (κ3) is 5.57. The number of aromatic nitrogens is 2. The predicted molar refractivity (Wildman–Crippen MR) is 122 cm³/mol. The number of hydrogen-bond acceptors (Lipinski definition) is 3. The van der Waals surface area contributed by atoms with Crippen molar-refractivity contribution >= 4 is 17.6 Å². The molecule has 1 aromatic heterocycles. The van der Waals surface area contributed by atoms with Crippen LogP contribution < -0.4 is 10.6 Å². The van der Waals surface area contributed by atoms with Crippen LogP contribution in [-0.4, -0.2) is 28.2 Å². The summed E-state index contributed by atoms with van der Waals surface area (Å²) in [4.78, 5) is 17.4. The molecule has 6 nitrogen and oxygen atoms in total. The lowest BCUT2D eigenvalue weighted by Crippen LogP contribution is -2.36. The Hall–Kier alpha value is -3.48. The van der Waals surface area contributed by atoms with Gasteiger partial charge in [0, 0.05) is 30.0 Å². The van der Waals surface area contributed by atoms with Gasteiger partial charge in [-0.2, -0.15) is 5.10 Å². The zero-order chi connectivity index (χ0) is 22.4. The van der Waals surface area contributed by atoms with Gasteiger partial charge in [0.2, 0.25) is 5.96 Å². The molecule has 0 atom stereocenters. The van der Waals surface area contributed by atoms with Crippen molar-refractivity contribution in [3.05, 3.63) is 82.4 Å². The minimum absolute atomic E-state index is 0.271. The highest BCUT2D eigenvalue weighted by atomic mass is 19.1. The van der Waals surface area contributed by atoms with E-state index >= 15 is 0 Å². The first kappa shape index (κ1) is 22.2. The quantitative estimate of drug-likeness (QED) is 0.458. The van der Waals surface area contributed by atoms with Gasteiger partial charge in [-0.15, -0.1) is 0 Å². The largest absolute Gasteiger partial charge is 0.326 e. The van der Waals surface area contributed by atoms with E-state index in [2.05, 4.69) is 34.6 Å². The van der Waals surface area contributed by atoms with E-state index in [9.17, 15) is 9.18 Å². The Morgan fingerprint density at radius 2 is 1.90 bits per heavy atom. The number of guanidine groups is 1. The second kappa shape index (κ2) is 10.0. The topological polar surface area (TPSA) is 71.3 Å². The van der Waals surface area contributed by atoms with E-state index in [1.54, 1.807) is 18.2 Å². The van der Waals surface area contributed by atoms with Gasteiger partial charge in [0.05, 0.1) is 5.69 Å². The number of aliphatic imine (C=N–C) groups is 1. The maximum absolute atomic E-state index is 13.6. The average molecular weight is 422 g/mol. The predicted octanol–water partition coefficient (Wildman–Crippen LogP) is 4.41. The van der Waals surface area contributed by atoms with Crippen LogP contribution in [-0.2, 0) is 13.0 Å². The Bertz CT molecular complexity index is 1100. The summed E-state index contributed by atoms with van der Waals surface area (Å²) < 4.78 is 15.6. The molecule has 0 saturated carbocycles. The van der Waals surface area contributed by atoms with Gasteiger partial charge < -0.3 is 5.32 Å². The monoisotopic (exact) mass is 421 g/mol. The molecule has 0 radical (unpaired) electrons. The van der Waals surface area contributed by atoms with Gasteiger partial charge in [-0.25, -0.2) is 4.39 Å². The number of halogens is 1. The van der Waals surface area contributed by atoms with Crippen molar-refractivity contribution in [2.45, 2.75) is 40.7 Å². The van der Waals surface area contributed by atoms with Crippen molar-refractivity contribution in [2.75, 3.05) is 11.9 Å². The minimum Gasteiger partial charge on any atom is -0.326 e. The molecule has 0 spiro atoms. The summed E-state index contributed by atoms with van der Waals surface area (Å²) in [6, 6.07) is 13.4. The summed E-state index contributed by atoms with van der Waals surface area (Å²) in [6.07, 6.45) is 0.687. The van der Waals surface area contributed by atoms with Crippen molar-refractivity contribution in [3.63, 3.8) is 0 Å². The molecule has 31 heavy (non-hydrogen) atoms. The van der Waals surface area contributed by atoms with Crippen molar-refractivity contribution in [2.24, 2.45) is 4.99 Å². The minimum atomic E-state index is -0.368. The van der Waals surface area contributed by atoms with Gasteiger partial charge in [0.25, 0.3) is 5.91 Å². The van der Waals surface area contributed by atoms with Gasteiger partial charge in [-0.3, -0.25) is 19.8 Å². The van der Waals surface area contributed by atoms with E-state index in [0.717, 1.165) is 29.1 Å². The van der Waals surface area contributed by atoms with Crippen LogP contribution in [0.15, 0.2) is 53.5 Å². The van der Waals surface area contributed by atoms with Crippen LogP contribution in [0.3, 0.4) is 0 Å². The molecule has 0 fully saturated rings. The molecule has 0 aliphatic carbocycles. The summed E-state index contributed by atoms with van der Waals surface area (Å²) in [5.74, 6) is -0.364. The summed E-state index contributed by atoms with van der Waals surface area (Å²) >= 11 is 0. The van der Waals surface area contributed by atoms with Crippen LogP contribution in [0.4, 0.5) is 10.1 Å². The molecule has 2 N–H and O–H groups in total. The Labute approximate surface area is 182 Å². The van der Waals surface area contributed by atoms with E-state index in [0.29, 0.717) is 24.2 Å². The Morgan fingerprint density at radius 3 is 2.58 bits per heavy atom. The fourth-order valence-corrected chi connectivity index (χ4v) is 3.50. The molecule has 0 aliphatic heterocycles. The van der Waals surface area contributed by atoms with E-state index in [1.165, 1.54) is 12.1 Å².